The van der Waals surface area contributed by atoms with Gasteiger partial charge in [0.15, 0.2) is 0 Å². The number of pyridine rings is 1. The first-order valence-corrected chi connectivity index (χ1v) is 13.7. The molecule has 1 aliphatic heterocycles. The summed E-state index contributed by atoms with van der Waals surface area (Å²) in [6, 6.07) is 10.1. The Bertz CT molecular complexity index is 1130. The van der Waals surface area contributed by atoms with Crippen LogP contribution in [-0.4, -0.2) is 41.6 Å². The Morgan fingerprint density at radius 3 is 2.36 bits per heavy atom. The molecule has 0 unspecified atom stereocenters. The minimum absolute atomic E-state index is 0.0257. The Labute approximate surface area is 213 Å². The third-order valence-corrected chi connectivity index (χ3v) is 9.51. The molecule has 5 aliphatic rings. The van der Waals surface area contributed by atoms with E-state index < -0.39 is 5.97 Å². The minimum atomic E-state index is -0.710. The predicted octanol–water partition coefficient (Wildman–Crippen LogP) is 5.30. The second-order valence-electron chi connectivity index (χ2n) is 12.1. The van der Waals surface area contributed by atoms with E-state index in [0.717, 1.165) is 52.4 Å². The zero-order valence-corrected chi connectivity index (χ0v) is 21.2. The Hall–Kier alpha value is -2.89. The fourth-order valence-electron chi connectivity index (χ4n) is 8.12. The average Bonchev–Trinajstić information content (AvgIpc) is 2.87. The summed E-state index contributed by atoms with van der Waals surface area (Å²) in [6.07, 6.45) is 11.1. The largest absolute Gasteiger partial charge is 0.481 e. The first-order chi connectivity index (χ1) is 17.4. The van der Waals surface area contributed by atoms with E-state index >= 15 is 0 Å². The fraction of sp³-hybridized carbons (Fsp3) is 0.567. The molecule has 2 aromatic rings. The fourth-order valence-corrected chi connectivity index (χ4v) is 8.12. The van der Waals surface area contributed by atoms with Crippen molar-refractivity contribution in [3.05, 3.63) is 47.7 Å². The van der Waals surface area contributed by atoms with Crippen molar-refractivity contribution in [2.45, 2.75) is 58.3 Å². The molecule has 1 aromatic heterocycles. The van der Waals surface area contributed by atoms with E-state index in [-0.39, 0.29) is 11.8 Å². The number of amides is 1. The highest BCUT2D eigenvalue weighted by molar-refractivity contribution is 5.97. The molecule has 4 saturated carbocycles. The monoisotopic (exact) mass is 487 g/mol. The van der Waals surface area contributed by atoms with Crippen LogP contribution in [-0.2, 0) is 4.79 Å². The Balaban J connectivity index is 1.20. The van der Waals surface area contributed by atoms with Crippen LogP contribution in [0.15, 0.2) is 36.5 Å². The molecule has 1 amide bonds. The van der Waals surface area contributed by atoms with Gasteiger partial charge in [-0.2, -0.15) is 0 Å². The summed E-state index contributed by atoms with van der Waals surface area (Å²) in [5.74, 6) is 2.53. The molecule has 6 nitrogen and oxygen atoms in total. The molecule has 36 heavy (non-hydrogen) atoms. The molecule has 2 N–H and O–H groups in total. The van der Waals surface area contributed by atoms with E-state index in [0.29, 0.717) is 31.3 Å². The molecule has 2 heterocycles. The number of hydrogen-bond donors (Lipinski definition) is 2. The van der Waals surface area contributed by atoms with Gasteiger partial charge in [0, 0.05) is 37.0 Å². The summed E-state index contributed by atoms with van der Waals surface area (Å²) >= 11 is 0. The number of benzene rings is 1. The molecular weight excluding hydrogens is 450 g/mol. The summed E-state index contributed by atoms with van der Waals surface area (Å²) in [5.41, 5.74) is 3.99. The highest BCUT2D eigenvalue weighted by atomic mass is 16.4. The van der Waals surface area contributed by atoms with Gasteiger partial charge in [0.2, 0.25) is 0 Å². The Morgan fingerprint density at radius 2 is 1.72 bits per heavy atom. The summed E-state index contributed by atoms with van der Waals surface area (Å²) in [7, 11) is 0. The van der Waals surface area contributed by atoms with Crippen molar-refractivity contribution in [2.24, 2.45) is 29.1 Å². The number of carboxylic acid groups (broad SMARTS) is 1. The van der Waals surface area contributed by atoms with Crippen molar-refractivity contribution in [3.63, 3.8) is 0 Å². The van der Waals surface area contributed by atoms with Crippen molar-refractivity contribution in [3.8, 4) is 11.1 Å². The number of hydrogen-bond acceptors (Lipinski definition) is 4. The highest BCUT2D eigenvalue weighted by Crippen LogP contribution is 2.59. The number of nitrogens with one attached hydrogen (secondary N) is 1. The van der Waals surface area contributed by atoms with Gasteiger partial charge >= 0.3 is 5.97 Å². The number of aromatic nitrogens is 1. The van der Waals surface area contributed by atoms with Gasteiger partial charge in [-0.3, -0.25) is 9.59 Å². The number of carbonyl (C=O) groups is 2. The number of nitrogens with zero attached hydrogens (tertiary/aromatic N) is 2. The van der Waals surface area contributed by atoms with Gasteiger partial charge in [-0.05, 0) is 111 Å². The molecule has 4 bridgehead atoms. The van der Waals surface area contributed by atoms with Crippen LogP contribution in [0.5, 0.6) is 0 Å². The average molecular weight is 488 g/mol. The predicted molar refractivity (Wildman–Crippen MR) is 140 cm³/mol. The van der Waals surface area contributed by atoms with Crippen molar-refractivity contribution in [1.82, 2.24) is 10.3 Å². The van der Waals surface area contributed by atoms with E-state index in [2.05, 4.69) is 21.3 Å². The molecule has 4 aliphatic carbocycles. The third kappa shape index (κ3) is 4.39. The SMILES string of the molecule is Cc1ccc(-c2cccnc2N2CCC(C(=O)O)CC2)cc1C(=O)NCC12CC3CC(CC(C3)C1)C2. The van der Waals surface area contributed by atoms with Gasteiger partial charge < -0.3 is 15.3 Å². The van der Waals surface area contributed by atoms with Crippen LogP contribution in [0.1, 0.15) is 67.3 Å². The van der Waals surface area contributed by atoms with Crippen LogP contribution in [0.4, 0.5) is 5.82 Å². The van der Waals surface area contributed by atoms with E-state index in [9.17, 15) is 14.7 Å². The van der Waals surface area contributed by atoms with E-state index in [4.69, 9.17) is 0 Å². The summed E-state index contributed by atoms with van der Waals surface area (Å²) in [6.45, 7) is 4.15. The lowest BCUT2D eigenvalue weighted by atomic mass is 9.49. The number of piperidine rings is 1. The maximum Gasteiger partial charge on any atom is 0.306 e. The smallest absolute Gasteiger partial charge is 0.306 e. The quantitative estimate of drug-likeness (QED) is 0.577. The minimum Gasteiger partial charge on any atom is -0.481 e. The molecular formula is C30H37N3O3. The lowest BCUT2D eigenvalue weighted by Gasteiger charge is -2.56. The van der Waals surface area contributed by atoms with E-state index in [1.807, 2.05) is 31.2 Å². The number of aliphatic carboxylic acids is 1. The molecule has 6 heteroatoms. The van der Waals surface area contributed by atoms with Gasteiger partial charge in [-0.15, -0.1) is 0 Å². The van der Waals surface area contributed by atoms with Crippen LogP contribution in [0.2, 0.25) is 0 Å². The maximum absolute atomic E-state index is 13.4. The first-order valence-electron chi connectivity index (χ1n) is 13.7. The van der Waals surface area contributed by atoms with Crippen molar-refractivity contribution >= 4 is 17.7 Å². The normalized spacial score (nSPS) is 29.4. The first kappa shape index (κ1) is 23.5. The van der Waals surface area contributed by atoms with Gasteiger partial charge in [0.1, 0.15) is 5.82 Å². The Kier molecular flexibility index (Phi) is 6.01. The number of carbonyl (C=O) groups excluding carboxylic acids is 1. The molecule has 5 fully saturated rings. The second kappa shape index (κ2) is 9.20. The van der Waals surface area contributed by atoms with Crippen molar-refractivity contribution in [1.29, 1.82) is 0 Å². The third-order valence-electron chi connectivity index (χ3n) is 9.51. The van der Waals surface area contributed by atoms with Crippen LogP contribution in [0.25, 0.3) is 11.1 Å². The molecule has 7 rings (SSSR count). The highest BCUT2D eigenvalue weighted by Gasteiger charge is 2.50. The molecule has 190 valence electrons. The molecule has 1 saturated heterocycles. The standard InChI is InChI=1S/C30H37N3O3/c1-19-4-5-24(25-3-2-8-31-27(25)33-9-6-23(7-10-33)29(35)36)14-26(19)28(34)32-18-30-15-20-11-21(16-30)13-22(12-20)17-30/h2-5,8,14,20-23H,6-7,9-13,15-18H2,1H3,(H,32,34)(H,35,36). The summed E-state index contributed by atoms with van der Waals surface area (Å²) < 4.78 is 0. The van der Waals surface area contributed by atoms with Crippen LogP contribution >= 0.6 is 0 Å². The van der Waals surface area contributed by atoms with Gasteiger partial charge in [0.25, 0.3) is 5.91 Å². The van der Waals surface area contributed by atoms with Gasteiger partial charge in [-0.1, -0.05) is 12.1 Å². The van der Waals surface area contributed by atoms with Crippen LogP contribution in [0.3, 0.4) is 0 Å². The van der Waals surface area contributed by atoms with Gasteiger partial charge in [0.05, 0.1) is 5.92 Å². The number of rotatable bonds is 6. The zero-order valence-electron chi connectivity index (χ0n) is 21.2. The molecule has 0 atom stereocenters. The number of carboxylic acids is 1. The summed E-state index contributed by atoms with van der Waals surface area (Å²) in [5, 5.41) is 12.7. The van der Waals surface area contributed by atoms with Crippen molar-refractivity contribution in [2.75, 3.05) is 24.5 Å². The molecule has 0 radical (unpaired) electrons. The number of aryl methyl sites for hydroxylation is 1. The van der Waals surface area contributed by atoms with E-state index in [1.54, 1.807) is 6.20 Å². The van der Waals surface area contributed by atoms with Gasteiger partial charge in [-0.25, -0.2) is 4.98 Å². The van der Waals surface area contributed by atoms with E-state index in [1.165, 1.54) is 38.5 Å². The molecule has 1 aromatic carbocycles. The van der Waals surface area contributed by atoms with Crippen LogP contribution in [0, 0.1) is 36.0 Å². The zero-order chi connectivity index (χ0) is 24.9. The Morgan fingerprint density at radius 1 is 1.06 bits per heavy atom. The lowest BCUT2D eigenvalue weighted by Crippen LogP contribution is -2.51. The maximum atomic E-state index is 13.4. The molecule has 0 spiro atoms. The number of anilines is 1. The van der Waals surface area contributed by atoms with Crippen LogP contribution < -0.4 is 10.2 Å². The van der Waals surface area contributed by atoms with Crippen molar-refractivity contribution < 1.29 is 14.7 Å². The lowest BCUT2D eigenvalue weighted by molar-refractivity contribution is -0.142. The second-order valence-corrected chi connectivity index (χ2v) is 12.1. The summed E-state index contributed by atoms with van der Waals surface area (Å²) in [4.78, 5) is 31.7. The topological polar surface area (TPSA) is 82.5 Å².